The molecule has 2 heterocycles. The second-order valence-corrected chi connectivity index (χ2v) is 6.43. The van der Waals surface area contributed by atoms with E-state index in [9.17, 15) is 4.79 Å². The molecular weight excluding hydrogens is 328 g/mol. The Hall–Kier alpha value is -2.76. The quantitative estimate of drug-likeness (QED) is 0.833. The molecule has 0 bridgehead atoms. The van der Waals surface area contributed by atoms with Crippen LogP contribution in [0, 0.1) is 5.92 Å². The van der Waals surface area contributed by atoms with Gasteiger partial charge in [-0.2, -0.15) is 0 Å². The van der Waals surface area contributed by atoms with Crippen LogP contribution in [-0.4, -0.2) is 37.3 Å². The summed E-state index contributed by atoms with van der Waals surface area (Å²) in [4.78, 5) is 18.5. The molecule has 0 radical (unpaired) electrons. The maximum absolute atomic E-state index is 12.1. The first kappa shape index (κ1) is 18.0. The number of hydrogen-bond acceptors (Lipinski definition) is 4. The van der Waals surface area contributed by atoms with Crippen LogP contribution in [0.3, 0.4) is 0 Å². The number of rotatable bonds is 6. The minimum absolute atomic E-state index is 0.161. The van der Waals surface area contributed by atoms with Crippen LogP contribution < -0.4 is 20.3 Å². The van der Waals surface area contributed by atoms with Gasteiger partial charge in [0.25, 0.3) is 0 Å². The van der Waals surface area contributed by atoms with Gasteiger partial charge in [0.1, 0.15) is 5.75 Å². The predicted octanol–water partition coefficient (Wildman–Crippen LogP) is 3.52. The van der Waals surface area contributed by atoms with Gasteiger partial charge in [-0.1, -0.05) is 0 Å². The average Bonchev–Trinajstić information content (AvgIpc) is 2.69. The number of urea groups is 1. The smallest absolute Gasteiger partial charge is 0.319 e. The Labute approximate surface area is 154 Å². The number of carbonyl (C=O) groups is 1. The summed E-state index contributed by atoms with van der Waals surface area (Å²) in [6.07, 6.45) is 5.81. The van der Waals surface area contributed by atoms with Gasteiger partial charge in [0, 0.05) is 43.4 Å². The van der Waals surface area contributed by atoms with E-state index in [0.29, 0.717) is 19.1 Å². The molecule has 0 spiro atoms. The van der Waals surface area contributed by atoms with E-state index in [1.54, 1.807) is 0 Å². The highest BCUT2D eigenvalue weighted by molar-refractivity contribution is 5.89. The summed E-state index contributed by atoms with van der Waals surface area (Å²) >= 11 is 0. The lowest BCUT2D eigenvalue weighted by Gasteiger charge is -2.33. The number of carbonyl (C=O) groups excluding carboxylic acids is 1. The van der Waals surface area contributed by atoms with Crippen molar-refractivity contribution < 1.29 is 9.53 Å². The fraction of sp³-hybridized carbons (Fsp3) is 0.400. The maximum atomic E-state index is 12.1. The Kier molecular flexibility index (Phi) is 6.30. The second-order valence-electron chi connectivity index (χ2n) is 6.43. The molecule has 1 aromatic heterocycles. The zero-order valence-corrected chi connectivity index (χ0v) is 15.1. The molecule has 1 fully saturated rings. The lowest BCUT2D eigenvalue weighted by molar-refractivity contribution is 0.248. The van der Waals surface area contributed by atoms with Crippen LogP contribution in [0.25, 0.3) is 0 Å². The number of aromatic nitrogens is 1. The van der Waals surface area contributed by atoms with Gasteiger partial charge in [0.2, 0.25) is 0 Å². The minimum atomic E-state index is -0.161. The Balaban J connectivity index is 1.38. The fourth-order valence-electron chi connectivity index (χ4n) is 3.16. The van der Waals surface area contributed by atoms with Crippen LogP contribution in [-0.2, 0) is 0 Å². The average molecular weight is 354 g/mol. The van der Waals surface area contributed by atoms with E-state index < -0.39 is 0 Å². The molecule has 3 rings (SSSR count). The van der Waals surface area contributed by atoms with Crippen molar-refractivity contribution in [3.8, 4) is 5.75 Å². The van der Waals surface area contributed by atoms with Gasteiger partial charge in [-0.15, -0.1) is 0 Å². The number of hydrogen-bond donors (Lipinski definition) is 2. The lowest BCUT2D eigenvalue weighted by atomic mass is 9.96. The van der Waals surface area contributed by atoms with E-state index in [4.69, 9.17) is 4.74 Å². The molecule has 2 N–H and O–H groups in total. The molecule has 1 aromatic carbocycles. The van der Waals surface area contributed by atoms with Crippen LogP contribution >= 0.6 is 0 Å². The molecule has 138 valence electrons. The number of nitrogens with zero attached hydrogens (tertiary/aromatic N) is 2. The molecule has 26 heavy (non-hydrogen) atoms. The first-order valence-electron chi connectivity index (χ1n) is 9.17. The van der Waals surface area contributed by atoms with E-state index >= 15 is 0 Å². The van der Waals surface area contributed by atoms with E-state index in [2.05, 4.69) is 20.5 Å². The van der Waals surface area contributed by atoms with Gasteiger partial charge in [-0.05, 0) is 62.1 Å². The van der Waals surface area contributed by atoms with Gasteiger partial charge in [-0.25, -0.2) is 4.79 Å². The Morgan fingerprint density at radius 1 is 1.15 bits per heavy atom. The fourth-order valence-corrected chi connectivity index (χ4v) is 3.16. The molecule has 1 aliphatic rings. The third-order valence-electron chi connectivity index (χ3n) is 4.62. The van der Waals surface area contributed by atoms with Crippen LogP contribution in [0.1, 0.15) is 19.8 Å². The minimum Gasteiger partial charge on any atom is -0.494 e. The monoisotopic (exact) mass is 354 g/mol. The summed E-state index contributed by atoms with van der Waals surface area (Å²) in [6.45, 7) is 5.30. The summed E-state index contributed by atoms with van der Waals surface area (Å²) in [6, 6.07) is 11.3. The van der Waals surface area contributed by atoms with Crippen LogP contribution in [0.15, 0.2) is 48.8 Å². The largest absolute Gasteiger partial charge is 0.494 e. The zero-order chi connectivity index (χ0) is 18.2. The van der Waals surface area contributed by atoms with Crippen molar-refractivity contribution in [2.24, 2.45) is 5.92 Å². The summed E-state index contributed by atoms with van der Waals surface area (Å²) in [5.41, 5.74) is 1.98. The number of pyridine rings is 1. The number of anilines is 2. The molecule has 0 saturated carbocycles. The Morgan fingerprint density at radius 3 is 2.50 bits per heavy atom. The highest BCUT2D eigenvalue weighted by Crippen LogP contribution is 2.22. The lowest BCUT2D eigenvalue weighted by Crippen LogP contribution is -2.39. The number of benzene rings is 1. The summed E-state index contributed by atoms with van der Waals surface area (Å²) in [7, 11) is 0. The third-order valence-corrected chi connectivity index (χ3v) is 4.62. The van der Waals surface area contributed by atoms with Crippen molar-refractivity contribution in [2.45, 2.75) is 19.8 Å². The predicted molar refractivity (Wildman–Crippen MR) is 104 cm³/mol. The molecule has 1 aliphatic heterocycles. The van der Waals surface area contributed by atoms with Crippen LogP contribution in [0.5, 0.6) is 5.75 Å². The third kappa shape index (κ3) is 5.12. The molecule has 6 heteroatoms. The van der Waals surface area contributed by atoms with E-state index in [1.165, 1.54) is 5.69 Å². The normalized spacial score (nSPS) is 14.7. The van der Waals surface area contributed by atoms with Gasteiger partial charge in [0.05, 0.1) is 6.61 Å². The summed E-state index contributed by atoms with van der Waals surface area (Å²) in [5, 5.41) is 5.85. The van der Waals surface area contributed by atoms with Crippen molar-refractivity contribution in [1.29, 1.82) is 0 Å². The van der Waals surface area contributed by atoms with Crippen molar-refractivity contribution >= 4 is 17.4 Å². The van der Waals surface area contributed by atoms with Crippen LogP contribution in [0.4, 0.5) is 16.2 Å². The second kappa shape index (κ2) is 9.08. The maximum Gasteiger partial charge on any atom is 0.319 e. The first-order valence-corrected chi connectivity index (χ1v) is 9.17. The first-order chi connectivity index (χ1) is 12.7. The number of ether oxygens (including phenoxy) is 1. The van der Waals surface area contributed by atoms with E-state index in [0.717, 1.165) is 37.4 Å². The zero-order valence-electron chi connectivity index (χ0n) is 15.1. The number of amides is 2. The summed E-state index contributed by atoms with van der Waals surface area (Å²) in [5.74, 6) is 1.32. The molecule has 0 aliphatic carbocycles. The molecule has 2 aromatic rings. The van der Waals surface area contributed by atoms with E-state index in [1.807, 2.05) is 55.7 Å². The number of nitrogens with one attached hydrogen (secondary N) is 2. The highest BCUT2D eigenvalue weighted by atomic mass is 16.5. The number of piperidine rings is 1. The summed E-state index contributed by atoms with van der Waals surface area (Å²) < 4.78 is 5.40. The topological polar surface area (TPSA) is 66.5 Å². The Morgan fingerprint density at radius 2 is 1.85 bits per heavy atom. The van der Waals surface area contributed by atoms with Gasteiger partial charge in [-0.3, -0.25) is 4.98 Å². The molecule has 6 nitrogen and oxygen atoms in total. The van der Waals surface area contributed by atoms with Gasteiger partial charge in [0.15, 0.2) is 0 Å². The van der Waals surface area contributed by atoms with Gasteiger partial charge < -0.3 is 20.3 Å². The SMILES string of the molecule is CCOc1ccc(NC(=O)NCC2CCN(c3ccncc3)CC2)cc1. The molecule has 0 unspecified atom stereocenters. The van der Waals surface area contributed by atoms with Crippen molar-refractivity contribution in [3.63, 3.8) is 0 Å². The standard InChI is InChI=1S/C20H26N4O2/c1-2-26-19-5-3-17(4-6-19)23-20(25)22-15-16-9-13-24(14-10-16)18-7-11-21-12-8-18/h3-8,11-12,16H,2,9-10,13-15H2,1H3,(H2,22,23,25). The van der Waals surface area contributed by atoms with Gasteiger partial charge >= 0.3 is 6.03 Å². The van der Waals surface area contributed by atoms with E-state index in [-0.39, 0.29) is 6.03 Å². The molecule has 2 amide bonds. The van der Waals surface area contributed by atoms with Crippen LogP contribution in [0.2, 0.25) is 0 Å². The molecule has 0 atom stereocenters. The van der Waals surface area contributed by atoms with Crippen molar-refractivity contribution in [2.75, 3.05) is 36.5 Å². The molecule has 1 saturated heterocycles. The highest BCUT2D eigenvalue weighted by Gasteiger charge is 2.19. The Bertz CT molecular complexity index is 683. The van der Waals surface area contributed by atoms with Crippen molar-refractivity contribution in [1.82, 2.24) is 10.3 Å². The van der Waals surface area contributed by atoms with Crippen molar-refractivity contribution in [3.05, 3.63) is 48.8 Å². The molecular formula is C20H26N4O2.